The molecule has 0 aromatic carbocycles. The van der Waals surface area contributed by atoms with Crippen molar-refractivity contribution in [2.45, 2.75) is 20.0 Å². The number of rotatable bonds is 3. The molecule has 1 aliphatic heterocycles. The van der Waals surface area contributed by atoms with Gasteiger partial charge in [0.05, 0.1) is 30.8 Å². The summed E-state index contributed by atoms with van der Waals surface area (Å²) in [7, 11) is 0. The predicted octanol–water partition coefficient (Wildman–Crippen LogP) is 0.317. The van der Waals surface area contributed by atoms with Crippen LogP contribution in [0.25, 0.3) is 0 Å². The van der Waals surface area contributed by atoms with Gasteiger partial charge in [0, 0.05) is 26.2 Å². The normalized spacial score (nSPS) is 18.2. The van der Waals surface area contributed by atoms with E-state index >= 15 is 0 Å². The van der Waals surface area contributed by atoms with E-state index in [1.165, 1.54) is 0 Å². The fourth-order valence-electron chi connectivity index (χ4n) is 1.84. The Morgan fingerprint density at radius 2 is 2.20 bits per heavy atom. The standard InChI is InChI=1S/C10H18N4O/c1-2-14-10(9(11)7-12-14)8-13-3-5-15-6-4-13/h7H,2-6,8,11H2,1H3. The summed E-state index contributed by atoms with van der Waals surface area (Å²) in [6.07, 6.45) is 1.74. The maximum atomic E-state index is 5.89. The Morgan fingerprint density at radius 1 is 1.47 bits per heavy atom. The van der Waals surface area contributed by atoms with E-state index in [0.29, 0.717) is 0 Å². The Labute approximate surface area is 89.8 Å². The molecule has 5 nitrogen and oxygen atoms in total. The Hall–Kier alpha value is -1.07. The number of aryl methyl sites for hydroxylation is 1. The zero-order valence-electron chi connectivity index (χ0n) is 9.15. The van der Waals surface area contributed by atoms with Crippen molar-refractivity contribution < 1.29 is 4.74 Å². The molecule has 0 amide bonds. The van der Waals surface area contributed by atoms with Gasteiger partial charge in [-0.05, 0) is 6.92 Å². The number of nitrogens with two attached hydrogens (primary N) is 1. The van der Waals surface area contributed by atoms with Crippen LogP contribution in [0.1, 0.15) is 12.6 Å². The summed E-state index contributed by atoms with van der Waals surface area (Å²) < 4.78 is 7.27. The molecule has 0 atom stereocenters. The van der Waals surface area contributed by atoms with E-state index in [0.717, 1.165) is 50.8 Å². The lowest BCUT2D eigenvalue weighted by atomic mass is 10.3. The lowest BCUT2D eigenvalue weighted by Crippen LogP contribution is -2.36. The number of anilines is 1. The first-order valence-corrected chi connectivity index (χ1v) is 5.41. The van der Waals surface area contributed by atoms with Crippen molar-refractivity contribution >= 4 is 5.69 Å². The third-order valence-corrected chi connectivity index (χ3v) is 2.76. The minimum Gasteiger partial charge on any atom is -0.396 e. The Balaban J connectivity index is 2.04. The Kier molecular flexibility index (Phi) is 3.23. The van der Waals surface area contributed by atoms with Gasteiger partial charge in [-0.15, -0.1) is 0 Å². The summed E-state index contributed by atoms with van der Waals surface area (Å²) in [6, 6.07) is 0. The van der Waals surface area contributed by atoms with Crippen molar-refractivity contribution in [2.24, 2.45) is 0 Å². The monoisotopic (exact) mass is 210 g/mol. The fraction of sp³-hybridized carbons (Fsp3) is 0.700. The summed E-state index contributed by atoms with van der Waals surface area (Å²) in [5.74, 6) is 0. The number of morpholine rings is 1. The molecule has 2 heterocycles. The molecule has 2 N–H and O–H groups in total. The number of ether oxygens (including phenoxy) is 1. The first-order chi connectivity index (χ1) is 7.31. The molecular formula is C10H18N4O. The first-order valence-electron chi connectivity index (χ1n) is 5.41. The van der Waals surface area contributed by atoms with Crippen LogP contribution in [0.4, 0.5) is 5.69 Å². The van der Waals surface area contributed by atoms with Gasteiger partial charge in [-0.2, -0.15) is 5.10 Å². The number of nitrogens with zero attached hydrogens (tertiary/aromatic N) is 3. The predicted molar refractivity (Wildman–Crippen MR) is 58.4 cm³/mol. The van der Waals surface area contributed by atoms with E-state index in [2.05, 4.69) is 16.9 Å². The van der Waals surface area contributed by atoms with Crippen LogP contribution in [-0.2, 0) is 17.8 Å². The molecule has 84 valence electrons. The lowest BCUT2D eigenvalue weighted by Gasteiger charge is -2.26. The summed E-state index contributed by atoms with van der Waals surface area (Å²) in [4.78, 5) is 2.35. The SMILES string of the molecule is CCn1ncc(N)c1CN1CCOCC1. The second-order valence-corrected chi connectivity index (χ2v) is 3.75. The molecule has 0 spiro atoms. The average molecular weight is 210 g/mol. The van der Waals surface area contributed by atoms with Crippen LogP contribution in [0.2, 0.25) is 0 Å². The molecule has 15 heavy (non-hydrogen) atoms. The van der Waals surface area contributed by atoms with E-state index in [9.17, 15) is 0 Å². The molecule has 1 aliphatic rings. The molecule has 5 heteroatoms. The maximum Gasteiger partial charge on any atom is 0.0753 e. The third kappa shape index (κ3) is 2.30. The van der Waals surface area contributed by atoms with Crippen molar-refractivity contribution in [1.29, 1.82) is 0 Å². The zero-order valence-corrected chi connectivity index (χ0v) is 9.15. The van der Waals surface area contributed by atoms with E-state index in [1.54, 1.807) is 6.20 Å². The smallest absolute Gasteiger partial charge is 0.0753 e. The van der Waals surface area contributed by atoms with Crippen LogP contribution >= 0.6 is 0 Å². The van der Waals surface area contributed by atoms with Crippen molar-refractivity contribution in [3.05, 3.63) is 11.9 Å². The maximum absolute atomic E-state index is 5.89. The zero-order chi connectivity index (χ0) is 10.7. The van der Waals surface area contributed by atoms with Crippen LogP contribution in [0.15, 0.2) is 6.20 Å². The van der Waals surface area contributed by atoms with E-state index in [1.807, 2.05) is 4.68 Å². The van der Waals surface area contributed by atoms with Gasteiger partial charge in [0.25, 0.3) is 0 Å². The van der Waals surface area contributed by atoms with Crippen molar-refractivity contribution in [3.8, 4) is 0 Å². The van der Waals surface area contributed by atoms with Crippen molar-refractivity contribution in [3.63, 3.8) is 0 Å². The molecular weight excluding hydrogens is 192 g/mol. The lowest BCUT2D eigenvalue weighted by molar-refractivity contribution is 0.0331. The highest BCUT2D eigenvalue weighted by molar-refractivity contribution is 5.40. The van der Waals surface area contributed by atoms with Crippen LogP contribution in [0, 0.1) is 0 Å². The van der Waals surface area contributed by atoms with Crippen LogP contribution in [0.3, 0.4) is 0 Å². The van der Waals surface area contributed by atoms with Gasteiger partial charge in [-0.1, -0.05) is 0 Å². The second kappa shape index (κ2) is 4.63. The van der Waals surface area contributed by atoms with Crippen molar-refractivity contribution in [2.75, 3.05) is 32.0 Å². The molecule has 1 saturated heterocycles. The van der Waals surface area contributed by atoms with Gasteiger partial charge >= 0.3 is 0 Å². The van der Waals surface area contributed by atoms with E-state index in [4.69, 9.17) is 10.5 Å². The van der Waals surface area contributed by atoms with Crippen molar-refractivity contribution in [1.82, 2.24) is 14.7 Å². The molecule has 0 bridgehead atoms. The van der Waals surface area contributed by atoms with Gasteiger partial charge in [-0.25, -0.2) is 0 Å². The number of hydrogen-bond acceptors (Lipinski definition) is 4. The molecule has 1 aromatic heterocycles. The average Bonchev–Trinajstić information content (AvgIpc) is 2.62. The molecule has 0 radical (unpaired) electrons. The highest BCUT2D eigenvalue weighted by Gasteiger charge is 2.15. The molecule has 0 unspecified atom stereocenters. The largest absolute Gasteiger partial charge is 0.396 e. The van der Waals surface area contributed by atoms with Crippen LogP contribution in [-0.4, -0.2) is 41.0 Å². The van der Waals surface area contributed by atoms with Gasteiger partial charge in [0.1, 0.15) is 0 Å². The van der Waals surface area contributed by atoms with Gasteiger partial charge in [0.15, 0.2) is 0 Å². The van der Waals surface area contributed by atoms with E-state index < -0.39 is 0 Å². The second-order valence-electron chi connectivity index (χ2n) is 3.75. The fourth-order valence-corrected chi connectivity index (χ4v) is 1.84. The van der Waals surface area contributed by atoms with Gasteiger partial charge in [0.2, 0.25) is 0 Å². The molecule has 0 saturated carbocycles. The van der Waals surface area contributed by atoms with E-state index in [-0.39, 0.29) is 0 Å². The highest BCUT2D eigenvalue weighted by Crippen LogP contribution is 2.14. The van der Waals surface area contributed by atoms with Crippen LogP contribution < -0.4 is 5.73 Å². The topological polar surface area (TPSA) is 56.3 Å². The van der Waals surface area contributed by atoms with Gasteiger partial charge < -0.3 is 10.5 Å². The minimum atomic E-state index is 0.795. The third-order valence-electron chi connectivity index (χ3n) is 2.76. The molecule has 1 aromatic rings. The van der Waals surface area contributed by atoms with Gasteiger partial charge in [-0.3, -0.25) is 9.58 Å². The summed E-state index contributed by atoms with van der Waals surface area (Å²) >= 11 is 0. The summed E-state index contributed by atoms with van der Waals surface area (Å²) in [5, 5.41) is 4.23. The number of hydrogen-bond donors (Lipinski definition) is 1. The molecule has 1 fully saturated rings. The molecule has 0 aliphatic carbocycles. The molecule has 2 rings (SSSR count). The number of aromatic nitrogens is 2. The van der Waals surface area contributed by atoms with Crippen LogP contribution in [0.5, 0.6) is 0 Å². The number of nitrogen functional groups attached to an aromatic ring is 1. The Morgan fingerprint density at radius 3 is 2.87 bits per heavy atom. The summed E-state index contributed by atoms with van der Waals surface area (Å²) in [6.45, 7) is 7.43. The summed E-state index contributed by atoms with van der Waals surface area (Å²) in [5.41, 5.74) is 7.81. The first kappa shape index (κ1) is 10.4. The highest BCUT2D eigenvalue weighted by atomic mass is 16.5. The Bertz CT molecular complexity index is 317. The minimum absolute atomic E-state index is 0.795. The quantitative estimate of drug-likeness (QED) is 0.780.